The lowest BCUT2D eigenvalue weighted by atomic mass is 10.2. The minimum absolute atomic E-state index is 0.104. The van der Waals surface area contributed by atoms with Gasteiger partial charge in [0.15, 0.2) is 5.15 Å². The summed E-state index contributed by atoms with van der Waals surface area (Å²) in [6, 6.07) is 0. The highest BCUT2D eigenvalue weighted by Crippen LogP contribution is 2.14. The SMILES string of the molecule is CCn1cnc(Cl)c1CC(C)=O. The third kappa shape index (κ3) is 1.85. The van der Waals surface area contributed by atoms with E-state index >= 15 is 0 Å². The summed E-state index contributed by atoms with van der Waals surface area (Å²) in [7, 11) is 0. The van der Waals surface area contributed by atoms with Gasteiger partial charge in [-0.25, -0.2) is 4.98 Å². The molecule has 0 N–H and O–H groups in total. The molecule has 0 amide bonds. The standard InChI is InChI=1S/C8H11ClN2O/c1-3-11-5-10-8(9)7(11)4-6(2)12/h5H,3-4H2,1-2H3. The Balaban J connectivity index is 2.94. The summed E-state index contributed by atoms with van der Waals surface area (Å²) in [6.45, 7) is 4.33. The number of halogens is 1. The van der Waals surface area contributed by atoms with Crippen LogP contribution in [0.2, 0.25) is 5.15 Å². The van der Waals surface area contributed by atoms with Crippen molar-refractivity contribution in [3.63, 3.8) is 0 Å². The highest BCUT2D eigenvalue weighted by Gasteiger charge is 2.09. The van der Waals surface area contributed by atoms with Gasteiger partial charge >= 0.3 is 0 Å². The second-order valence-electron chi connectivity index (χ2n) is 2.65. The van der Waals surface area contributed by atoms with Gasteiger partial charge in [-0.15, -0.1) is 0 Å². The van der Waals surface area contributed by atoms with E-state index in [1.54, 1.807) is 13.3 Å². The highest BCUT2D eigenvalue weighted by atomic mass is 35.5. The molecule has 0 aliphatic heterocycles. The predicted molar refractivity (Wildman–Crippen MR) is 47.3 cm³/mol. The first-order chi connectivity index (χ1) is 5.65. The first kappa shape index (κ1) is 9.26. The minimum atomic E-state index is 0.104. The zero-order valence-electron chi connectivity index (χ0n) is 7.17. The number of hydrogen-bond donors (Lipinski definition) is 0. The first-order valence-corrected chi connectivity index (χ1v) is 4.22. The molecule has 0 aliphatic carbocycles. The molecule has 0 radical (unpaired) electrons. The third-order valence-electron chi connectivity index (χ3n) is 1.65. The van der Waals surface area contributed by atoms with Crippen LogP contribution < -0.4 is 0 Å². The molecule has 0 bridgehead atoms. The van der Waals surface area contributed by atoms with E-state index in [-0.39, 0.29) is 5.78 Å². The molecule has 4 heteroatoms. The molecule has 0 atom stereocenters. The molecule has 3 nitrogen and oxygen atoms in total. The van der Waals surface area contributed by atoms with E-state index in [1.165, 1.54) is 0 Å². The Morgan fingerprint density at radius 3 is 2.92 bits per heavy atom. The van der Waals surface area contributed by atoms with Gasteiger partial charge in [-0.2, -0.15) is 0 Å². The molecule has 1 rings (SSSR count). The quantitative estimate of drug-likeness (QED) is 0.720. The minimum Gasteiger partial charge on any atom is -0.333 e. The van der Waals surface area contributed by atoms with E-state index in [4.69, 9.17) is 11.6 Å². The summed E-state index contributed by atoms with van der Waals surface area (Å²) in [4.78, 5) is 14.7. The number of Topliss-reactive ketones (excluding diaryl/α,β-unsaturated/α-hetero) is 1. The molecule has 0 aromatic carbocycles. The van der Waals surface area contributed by atoms with Crippen LogP contribution in [0.1, 0.15) is 19.5 Å². The molecule has 0 fully saturated rings. The fourth-order valence-electron chi connectivity index (χ4n) is 1.07. The molecule has 0 saturated heterocycles. The normalized spacial score (nSPS) is 10.2. The van der Waals surface area contributed by atoms with Crippen molar-refractivity contribution in [2.45, 2.75) is 26.8 Å². The van der Waals surface area contributed by atoms with Crippen LogP contribution >= 0.6 is 11.6 Å². The molecule has 1 aromatic rings. The van der Waals surface area contributed by atoms with Crippen molar-refractivity contribution in [3.8, 4) is 0 Å². The predicted octanol–water partition coefficient (Wildman–Crippen LogP) is 1.69. The van der Waals surface area contributed by atoms with Crippen molar-refractivity contribution in [2.24, 2.45) is 0 Å². The van der Waals surface area contributed by atoms with Crippen molar-refractivity contribution in [2.75, 3.05) is 0 Å². The van der Waals surface area contributed by atoms with Crippen LogP contribution in [0.5, 0.6) is 0 Å². The van der Waals surface area contributed by atoms with Crippen LogP contribution in [0.4, 0.5) is 0 Å². The molecule has 0 unspecified atom stereocenters. The molecule has 0 saturated carbocycles. The second-order valence-corrected chi connectivity index (χ2v) is 3.00. The van der Waals surface area contributed by atoms with Gasteiger partial charge in [-0.3, -0.25) is 4.79 Å². The van der Waals surface area contributed by atoms with Crippen LogP contribution in [0.3, 0.4) is 0 Å². The topological polar surface area (TPSA) is 34.9 Å². The Hall–Kier alpha value is -0.830. The summed E-state index contributed by atoms with van der Waals surface area (Å²) >= 11 is 5.78. The van der Waals surface area contributed by atoms with Crippen LogP contribution in [0, 0.1) is 0 Å². The molecular formula is C8H11ClN2O. The Labute approximate surface area is 76.4 Å². The summed E-state index contributed by atoms with van der Waals surface area (Å²) in [5.74, 6) is 0.104. The molecule has 1 aromatic heterocycles. The summed E-state index contributed by atoms with van der Waals surface area (Å²) in [6.07, 6.45) is 2.02. The highest BCUT2D eigenvalue weighted by molar-refractivity contribution is 6.30. The van der Waals surface area contributed by atoms with Crippen molar-refractivity contribution < 1.29 is 4.79 Å². The number of aryl methyl sites for hydroxylation is 1. The van der Waals surface area contributed by atoms with Crippen LogP contribution in [-0.2, 0) is 17.8 Å². The molecule has 0 aliphatic rings. The lowest BCUT2D eigenvalue weighted by Crippen LogP contribution is -2.04. The molecular weight excluding hydrogens is 176 g/mol. The average Bonchev–Trinajstić information content (AvgIpc) is 2.32. The lowest BCUT2D eigenvalue weighted by molar-refractivity contribution is -0.116. The first-order valence-electron chi connectivity index (χ1n) is 3.84. The average molecular weight is 187 g/mol. The maximum atomic E-state index is 10.8. The molecule has 1 heterocycles. The Morgan fingerprint density at radius 1 is 1.75 bits per heavy atom. The van der Waals surface area contributed by atoms with Gasteiger partial charge < -0.3 is 4.57 Å². The third-order valence-corrected chi connectivity index (χ3v) is 1.97. The van der Waals surface area contributed by atoms with E-state index in [2.05, 4.69) is 4.98 Å². The van der Waals surface area contributed by atoms with Crippen LogP contribution in [0.15, 0.2) is 6.33 Å². The van der Waals surface area contributed by atoms with Gasteiger partial charge in [0.25, 0.3) is 0 Å². The van der Waals surface area contributed by atoms with E-state index in [0.29, 0.717) is 11.6 Å². The number of nitrogens with zero attached hydrogens (tertiary/aromatic N) is 2. The monoisotopic (exact) mass is 186 g/mol. The number of ketones is 1. The van der Waals surface area contributed by atoms with E-state index in [1.807, 2.05) is 11.5 Å². The smallest absolute Gasteiger partial charge is 0.150 e. The van der Waals surface area contributed by atoms with Crippen molar-refractivity contribution in [1.29, 1.82) is 0 Å². The van der Waals surface area contributed by atoms with Crippen molar-refractivity contribution in [3.05, 3.63) is 17.2 Å². The van der Waals surface area contributed by atoms with Crippen LogP contribution in [0.25, 0.3) is 0 Å². The number of hydrogen-bond acceptors (Lipinski definition) is 2. The summed E-state index contributed by atoms with van der Waals surface area (Å²) in [5.41, 5.74) is 0.812. The van der Waals surface area contributed by atoms with E-state index in [0.717, 1.165) is 12.2 Å². The fourth-order valence-corrected chi connectivity index (χ4v) is 1.28. The molecule has 12 heavy (non-hydrogen) atoms. The maximum Gasteiger partial charge on any atom is 0.150 e. The van der Waals surface area contributed by atoms with Gasteiger partial charge in [0.1, 0.15) is 5.78 Å². The molecule has 66 valence electrons. The summed E-state index contributed by atoms with van der Waals surface area (Å²) in [5, 5.41) is 0.437. The van der Waals surface area contributed by atoms with Crippen molar-refractivity contribution >= 4 is 17.4 Å². The molecule has 0 spiro atoms. The summed E-state index contributed by atoms with van der Waals surface area (Å²) < 4.78 is 1.88. The zero-order valence-corrected chi connectivity index (χ0v) is 7.93. The number of aromatic nitrogens is 2. The zero-order chi connectivity index (χ0) is 9.14. The van der Waals surface area contributed by atoms with Gasteiger partial charge in [-0.05, 0) is 13.8 Å². The number of carbonyl (C=O) groups is 1. The van der Waals surface area contributed by atoms with E-state index in [9.17, 15) is 4.79 Å². The Kier molecular flexibility index (Phi) is 2.87. The largest absolute Gasteiger partial charge is 0.333 e. The second kappa shape index (κ2) is 3.72. The van der Waals surface area contributed by atoms with Gasteiger partial charge in [0.05, 0.1) is 12.0 Å². The lowest BCUT2D eigenvalue weighted by Gasteiger charge is -2.02. The number of rotatable bonds is 3. The van der Waals surface area contributed by atoms with Crippen molar-refractivity contribution in [1.82, 2.24) is 9.55 Å². The van der Waals surface area contributed by atoms with Gasteiger partial charge in [-0.1, -0.05) is 11.6 Å². The fraction of sp³-hybridized carbons (Fsp3) is 0.500. The number of imidazole rings is 1. The van der Waals surface area contributed by atoms with Gasteiger partial charge in [0, 0.05) is 13.0 Å². The maximum absolute atomic E-state index is 10.8. The van der Waals surface area contributed by atoms with E-state index < -0.39 is 0 Å². The van der Waals surface area contributed by atoms with Gasteiger partial charge in [0.2, 0.25) is 0 Å². The number of carbonyl (C=O) groups excluding carboxylic acids is 1. The Morgan fingerprint density at radius 2 is 2.42 bits per heavy atom. The van der Waals surface area contributed by atoms with Crippen LogP contribution in [-0.4, -0.2) is 15.3 Å². The Bertz CT molecular complexity index is 293.